The molecule has 6 nitrogen and oxygen atoms in total. The van der Waals surface area contributed by atoms with Crippen LogP contribution in [0.3, 0.4) is 0 Å². The van der Waals surface area contributed by atoms with Crippen molar-refractivity contribution in [2.45, 2.75) is 45.7 Å². The van der Waals surface area contributed by atoms with Crippen LogP contribution in [0.1, 0.15) is 37.3 Å². The number of ether oxygens (including phenoxy) is 2. The Morgan fingerprint density at radius 1 is 1.26 bits per heavy atom. The molecule has 1 atom stereocenters. The molecule has 0 aliphatic carbocycles. The molecule has 0 radical (unpaired) electrons. The van der Waals surface area contributed by atoms with E-state index in [4.69, 9.17) is 9.47 Å². The Kier molecular flexibility index (Phi) is 9.42. The summed E-state index contributed by atoms with van der Waals surface area (Å²) >= 11 is 0. The van der Waals surface area contributed by atoms with Gasteiger partial charge in [-0.1, -0.05) is 18.6 Å². The van der Waals surface area contributed by atoms with Gasteiger partial charge in [0, 0.05) is 45.4 Å². The van der Waals surface area contributed by atoms with Crippen LogP contribution < -0.4 is 15.4 Å². The average molecular weight is 377 g/mol. The quantitative estimate of drug-likeness (QED) is 0.394. The van der Waals surface area contributed by atoms with Crippen LogP contribution in [0.25, 0.3) is 0 Å². The minimum atomic E-state index is 0.550. The molecule has 0 aromatic heterocycles. The summed E-state index contributed by atoms with van der Waals surface area (Å²) < 4.78 is 10.9. The number of rotatable bonds is 9. The Morgan fingerprint density at radius 3 is 2.85 bits per heavy atom. The van der Waals surface area contributed by atoms with Gasteiger partial charge in [0.2, 0.25) is 0 Å². The normalized spacial score (nSPS) is 18.4. The molecule has 27 heavy (non-hydrogen) atoms. The highest BCUT2D eigenvalue weighted by molar-refractivity contribution is 5.79. The van der Waals surface area contributed by atoms with Gasteiger partial charge >= 0.3 is 0 Å². The van der Waals surface area contributed by atoms with Crippen molar-refractivity contribution in [1.82, 2.24) is 15.5 Å². The molecule has 2 N–H and O–H groups in total. The molecule has 6 heteroatoms. The second kappa shape index (κ2) is 11.8. The van der Waals surface area contributed by atoms with Gasteiger partial charge in [0.05, 0.1) is 6.61 Å². The molecular weight excluding hydrogens is 340 g/mol. The van der Waals surface area contributed by atoms with E-state index in [1.54, 1.807) is 7.11 Å². The highest BCUT2D eigenvalue weighted by atomic mass is 16.5. The number of likely N-dealkylation sites (tertiary alicyclic amines) is 1. The van der Waals surface area contributed by atoms with Gasteiger partial charge in [-0.3, -0.25) is 9.89 Å². The lowest BCUT2D eigenvalue weighted by Gasteiger charge is -2.33. The number of guanidine groups is 1. The van der Waals surface area contributed by atoms with Gasteiger partial charge in [0.25, 0.3) is 0 Å². The van der Waals surface area contributed by atoms with E-state index in [1.165, 1.54) is 31.4 Å². The molecule has 1 aromatic rings. The van der Waals surface area contributed by atoms with E-state index in [1.807, 2.05) is 7.05 Å². The van der Waals surface area contributed by atoms with Crippen molar-refractivity contribution in [3.63, 3.8) is 0 Å². The van der Waals surface area contributed by atoms with E-state index in [9.17, 15) is 0 Å². The van der Waals surface area contributed by atoms with E-state index in [0.717, 1.165) is 30.4 Å². The zero-order chi connectivity index (χ0) is 19.5. The molecular formula is C21H36N4O2. The number of aliphatic imine (C=N–C) groups is 1. The first-order valence-electron chi connectivity index (χ1n) is 10.0. The lowest BCUT2D eigenvalue weighted by molar-refractivity contribution is 0.145. The molecule has 1 heterocycles. The Hall–Kier alpha value is -1.79. The number of benzene rings is 1. The molecule has 152 valence electrons. The molecule has 1 aromatic carbocycles. The Morgan fingerprint density at radius 2 is 2.11 bits per heavy atom. The summed E-state index contributed by atoms with van der Waals surface area (Å²) in [6.07, 6.45) is 3.99. The second-order valence-corrected chi connectivity index (χ2v) is 7.19. The summed E-state index contributed by atoms with van der Waals surface area (Å²) in [6.45, 7) is 9.36. The van der Waals surface area contributed by atoms with Gasteiger partial charge in [0.15, 0.2) is 5.96 Å². The molecule has 1 fully saturated rings. The van der Waals surface area contributed by atoms with Gasteiger partial charge in [-0.25, -0.2) is 0 Å². The zero-order valence-corrected chi connectivity index (χ0v) is 17.4. The largest absolute Gasteiger partial charge is 0.491 e. The molecule has 1 unspecified atom stereocenters. The van der Waals surface area contributed by atoms with Crippen molar-refractivity contribution >= 4 is 5.96 Å². The highest BCUT2D eigenvalue weighted by Crippen LogP contribution is 2.20. The molecule has 1 aliphatic rings. The lowest BCUT2D eigenvalue weighted by atomic mass is 10.0. The molecule has 0 bridgehead atoms. The van der Waals surface area contributed by atoms with Crippen molar-refractivity contribution in [2.24, 2.45) is 4.99 Å². The second-order valence-electron chi connectivity index (χ2n) is 7.19. The van der Waals surface area contributed by atoms with E-state index in [0.29, 0.717) is 25.8 Å². The molecule has 0 saturated carbocycles. The number of nitrogens with one attached hydrogen (secondary N) is 2. The van der Waals surface area contributed by atoms with E-state index >= 15 is 0 Å². The molecule has 2 rings (SSSR count). The minimum absolute atomic E-state index is 0.550. The van der Waals surface area contributed by atoms with Crippen LogP contribution in [0.4, 0.5) is 0 Å². The summed E-state index contributed by atoms with van der Waals surface area (Å²) in [7, 11) is 3.49. The predicted molar refractivity (Wildman–Crippen MR) is 112 cm³/mol. The van der Waals surface area contributed by atoms with E-state index in [2.05, 4.69) is 52.6 Å². The fourth-order valence-electron chi connectivity index (χ4n) is 3.38. The van der Waals surface area contributed by atoms with Gasteiger partial charge in [0.1, 0.15) is 12.4 Å². The van der Waals surface area contributed by atoms with E-state index in [-0.39, 0.29) is 0 Å². The Bertz CT molecular complexity index is 592. The van der Waals surface area contributed by atoms with Crippen molar-refractivity contribution in [3.05, 3.63) is 29.3 Å². The smallest absolute Gasteiger partial charge is 0.191 e. The molecule has 1 saturated heterocycles. The van der Waals surface area contributed by atoms with Crippen LogP contribution in [0, 0.1) is 6.92 Å². The standard InChI is InChI=1S/C21H36N4O2/c1-17-8-9-19(20(15-17)27-14-13-26-4)16-24-21(22-3)23-10-12-25-11-6-5-7-18(25)2/h8-9,15,18H,5-7,10-14,16H2,1-4H3,(H2,22,23,24). The summed E-state index contributed by atoms with van der Waals surface area (Å²) in [4.78, 5) is 6.90. The van der Waals surface area contributed by atoms with Crippen molar-refractivity contribution in [1.29, 1.82) is 0 Å². The van der Waals surface area contributed by atoms with Gasteiger partial charge in [-0.05, 0) is 44.9 Å². The number of nitrogens with zero attached hydrogens (tertiary/aromatic N) is 2. The third kappa shape index (κ3) is 7.39. The number of hydrogen-bond donors (Lipinski definition) is 2. The first kappa shape index (κ1) is 21.5. The van der Waals surface area contributed by atoms with Crippen LogP contribution in [0.15, 0.2) is 23.2 Å². The van der Waals surface area contributed by atoms with Crippen LogP contribution >= 0.6 is 0 Å². The Balaban J connectivity index is 1.81. The lowest BCUT2D eigenvalue weighted by Crippen LogP contribution is -2.45. The van der Waals surface area contributed by atoms with Crippen LogP contribution in [0.2, 0.25) is 0 Å². The summed E-state index contributed by atoms with van der Waals surface area (Å²) in [5.41, 5.74) is 2.30. The first-order valence-corrected chi connectivity index (χ1v) is 10.0. The van der Waals surface area contributed by atoms with Crippen molar-refractivity contribution < 1.29 is 9.47 Å². The highest BCUT2D eigenvalue weighted by Gasteiger charge is 2.17. The SMILES string of the molecule is CN=C(NCCN1CCCCC1C)NCc1ccc(C)cc1OCCOC. The van der Waals surface area contributed by atoms with Crippen molar-refractivity contribution in [3.8, 4) is 5.75 Å². The maximum absolute atomic E-state index is 5.86. The van der Waals surface area contributed by atoms with Crippen LogP contribution in [-0.4, -0.2) is 63.9 Å². The fourth-order valence-corrected chi connectivity index (χ4v) is 3.38. The number of methoxy groups -OCH3 is 1. The van der Waals surface area contributed by atoms with Gasteiger partial charge in [-0.15, -0.1) is 0 Å². The number of hydrogen-bond acceptors (Lipinski definition) is 4. The summed E-state index contributed by atoms with van der Waals surface area (Å²) in [6, 6.07) is 6.97. The van der Waals surface area contributed by atoms with Crippen LogP contribution in [-0.2, 0) is 11.3 Å². The number of piperidine rings is 1. The first-order chi connectivity index (χ1) is 13.1. The maximum Gasteiger partial charge on any atom is 0.191 e. The van der Waals surface area contributed by atoms with Gasteiger partial charge < -0.3 is 20.1 Å². The minimum Gasteiger partial charge on any atom is -0.491 e. The summed E-state index contributed by atoms with van der Waals surface area (Å²) in [5, 5.41) is 6.82. The van der Waals surface area contributed by atoms with E-state index < -0.39 is 0 Å². The zero-order valence-electron chi connectivity index (χ0n) is 17.4. The topological polar surface area (TPSA) is 58.1 Å². The Labute approximate surface area is 164 Å². The third-order valence-corrected chi connectivity index (χ3v) is 5.07. The predicted octanol–water partition coefficient (Wildman–Crippen LogP) is 2.56. The third-order valence-electron chi connectivity index (χ3n) is 5.07. The number of aryl methyl sites for hydroxylation is 1. The average Bonchev–Trinajstić information content (AvgIpc) is 2.67. The molecule has 0 amide bonds. The fraction of sp³-hybridized carbons (Fsp3) is 0.667. The molecule has 0 spiro atoms. The van der Waals surface area contributed by atoms with Gasteiger partial charge in [-0.2, -0.15) is 0 Å². The molecule has 1 aliphatic heterocycles. The van der Waals surface area contributed by atoms with Crippen molar-refractivity contribution in [2.75, 3.05) is 47.0 Å². The monoisotopic (exact) mass is 376 g/mol. The summed E-state index contributed by atoms with van der Waals surface area (Å²) in [5.74, 6) is 1.72. The maximum atomic E-state index is 5.86. The van der Waals surface area contributed by atoms with Crippen LogP contribution in [0.5, 0.6) is 5.75 Å².